The molecule has 0 saturated carbocycles. The molecule has 18 heavy (non-hydrogen) atoms. The molecule has 2 N–H and O–H groups in total. The van der Waals surface area contributed by atoms with Crippen LogP contribution in [0, 0.1) is 0 Å². The van der Waals surface area contributed by atoms with Crippen LogP contribution in [0.25, 0.3) is 0 Å². The van der Waals surface area contributed by atoms with Crippen molar-refractivity contribution in [3.05, 3.63) is 54.1 Å². The quantitative estimate of drug-likeness (QED) is 0.894. The molecule has 2 nitrogen and oxygen atoms in total. The number of benzene rings is 2. The predicted octanol–water partition coefficient (Wildman–Crippen LogP) is 3.35. The molecule has 94 valence electrons. The zero-order valence-electron chi connectivity index (χ0n) is 10.4. The normalized spacial score (nSPS) is 10.3. The van der Waals surface area contributed by atoms with E-state index in [1.807, 2.05) is 12.1 Å². The molecule has 2 aromatic carbocycles. The Morgan fingerprint density at radius 1 is 1.06 bits per heavy atom. The molecule has 0 atom stereocenters. The van der Waals surface area contributed by atoms with Gasteiger partial charge in [0.2, 0.25) is 0 Å². The van der Waals surface area contributed by atoms with Crippen molar-refractivity contribution in [2.75, 3.05) is 13.7 Å². The van der Waals surface area contributed by atoms with Crippen LogP contribution in [0.3, 0.4) is 0 Å². The summed E-state index contributed by atoms with van der Waals surface area (Å²) in [5.41, 5.74) is 6.94. The lowest BCUT2D eigenvalue weighted by molar-refractivity contribution is 0.414. The number of hydrogen-bond donors (Lipinski definition) is 1. The van der Waals surface area contributed by atoms with Crippen LogP contribution < -0.4 is 10.5 Å². The lowest BCUT2D eigenvalue weighted by atomic mass is 10.1. The summed E-state index contributed by atoms with van der Waals surface area (Å²) in [5.74, 6) is 0.884. The molecule has 0 radical (unpaired) electrons. The standard InChI is InChI=1S/C15H17NOS/c1-17-13-6-8-14(9-7-13)18-15-5-3-2-4-12(15)10-11-16/h2-9H,10-11,16H2,1H3. The highest BCUT2D eigenvalue weighted by molar-refractivity contribution is 7.99. The van der Waals surface area contributed by atoms with Gasteiger partial charge in [-0.05, 0) is 48.9 Å². The molecule has 0 spiro atoms. The minimum Gasteiger partial charge on any atom is -0.497 e. The zero-order chi connectivity index (χ0) is 12.8. The van der Waals surface area contributed by atoms with Gasteiger partial charge in [-0.2, -0.15) is 0 Å². The molecule has 2 rings (SSSR count). The summed E-state index contributed by atoms with van der Waals surface area (Å²) in [4.78, 5) is 2.48. The van der Waals surface area contributed by atoms with Gasteiger partial charge in [0, 0.05) is 9.79 Å². The molecule has 0 aliphatic rings. The third-order valence-electron chi connectivity index (χ3n) is 2.67. The van der Waals surface area contributed by atoms with Crippen molar-refractivity contribution >= 4 is 11.8 Å². The van der Waals surface area contributed by atoms with Crippen molar-refractivity contribution in [3.8, 4) is 5.75 Å². The van der Waals surface area contributed by atoms with Gasteiger partial charge < -0.3 is 10.5 Å². The van der Waals surface area contributed by atoms with Crippen molar-refractivity contribution in [2.24, 2.45) is 5.73 Å². The number of methoxy groups -OCH3 is 1. The fourth-order valence-corrected chi connectivity index (χ4v) is 2.71. The molecule has 0 aliphatic heterocycles. The maximum absolute atomic E-state index is 5.63. The van der Waals surface area contributed by atoms with Gasteiger partial charge in [-0.25, -0.2) is 0 Å². The third kappa shape index (κ3) is 3.28. The molecule has 0 amide bonds. The van der Waals surface area contributed by atoms with Gasteiger partial charge in [0.15, 0.2) is 0 Å². The molecule has 0 aromatic heterocycles. The predicted molar refractivity (Wildman–Crippen MR) is 76.3 cm³/mol. The van der Waals surface area contributed by atoms with Crippen LogP contribution in [0.5, 0.6) is 5.75 Å². The van der Waals surface area contributed by atoms with Crippen LogP contribution in [0.15, 0.2) is 58.3 Å². The Kier molecular flexibility index (Phi) is 4.67. The smallest absolute Gasteiger partial charge is 0.118 e. The first-order chi connectivity index (χ1) is 8.83. The van der Waals surface area contributed by atoms with Crippen molar-refractivity contribution in [3.63, 3.8) is 0 Å². The van der Waals surface area contributed by atoms with Gasteiger partial charge in [-0.3, -0.25) is 0 Å². The Morgan fingerprint density at radius 3 is 2.44 bits per heavy atom. The molecule has 0 bridgehead atoms. The molecule has 0 heterocycles. The average Bonchev–Trinajstić information content (AvgIpc) is 2.42. The van der Waals surface area contributed by atoms with E-state index in [1.165, 1.54) is 15.4 Å². The van der Waals surface area contributed by atoms with Crippen molar-refractivity contribution in [1.29, 1.82) is 0 Å². The van der Waals surface area contributed by atoms with Crippen LogP contribution in [-0.2, 0) is 6.42 Å². The summed E-state index contributed by atoms with van der Waals surface area (Å²) < 4.78 is 5.16. The van der Waals surface area contributed by atoms with Gasteiger partial charge >= 0.3 is 0 Å². The summed E-state index contributed by atoms with van der Waals surface area (Å²) >= 11 is 1.76. The second-order valence-corrected chi connectivity index (χ2v) is 5.04. The van der Waals surface area contributed by atoms with E-state index in [1.54, 1.807) is 18.9 Å². The molecule has 0 fully saturated rings. The highest BCUT2D eigenvalue weighted by atomic mass is 32.2. The summed E-state index contributed by atoms with van der Waals surface area (Å²) in [6.07, 6.45) is 0.916. The molecule has 0 unspecified atom stereocenters. The van der Waals surface area contributed by atoms with E-state index in [4.69, 9.17) is 10.5 Å². The van der Waals surface area contributed by atoms with Gasteiger partial charge in [-0.15, -0.1) is 0 Å². The Bertz CT molecular complexity index is 496. The lowest BCUT2D eigenvalue weighted by Gasteiger charge is -2.08. The number of hydrogen-bond acceptors (Lipinski definition) is 3. The summed E-state index contributed by atoms with van der Waals surface area (Å²) in [7, 11) is 1.68. The van der Waals surface area contributed by atoms with Gasteiger partial charge in [0.1, 0.15) is 5.75 Å². The van der Waals surface area contributed by atoms with E-state index < -0.39 is 0 Å². The fraction of sp³-hybridized carbons (Fsp3) is 0.200. The second-order valence-electron chi connectivity index (χ2n) is 3.92. The Morgan fingerprint density at radius 2 is 1.78 bits per heavy atom. The minimum absolute atomic E-state index is 0.681. The first-order valence-electron chi connectivity index (χ1n) is 5.93. The minimum atomic E-state index is 0.681. The average molecular weight is 259 g/mol. The molecule has 0 aliphatic carbocycles. The molecule has 2 aromatic rings. The lowest BCUT2D eigenvalue weighted by Crippen LogP contribution is -2.03. The van der Waals surface area contributed by atoms with Crippen LogP contribution >= 0.6 is 11.8 Å². The van der Waals surface area contributed by atoms with Gasteiger partial charge in [0.05, 0.1) is 7.11 Å². The molecule has 3 heteroatoms. The Hall–Kier alpha value is -1.45. The van der Waals surface area contributed by atoms with Crippen LogP contribution in [-0.4, -0.2) is 13.7 Å². The van der Waals surface area contributed by atoms with E-state index in [-0.39, 0.29) is 0 Å². The largest absolute Gasteiger partial charge is 0.497 e. The van der Waals surface area contributed by atoms with E-state index in [0.29, 0.717) is 6.54 Å². The fourth-order valence-electron chi connectivity index (χ4n) is 1.74. The third-order valence-corrected chi connectivity index (χ3v) is 3.80. The van der Waals surface area contributed by atoms with Crippen LogP contribution in [0.4, 0.5) is 0 Å². The van der Waals surface area contributed by atoms with Gasteiger partial charge in [0.25, 0.3) is 0 Å². The first kappa shape index (κ1) is 13.0. The molecular weight excluding hydrogens is 242 g/mol. The van der Waals surface area contributed by atoms with Gasteiger partial charge in [-0.1, -0.05) is 30.0 Å². The van der Waals surface area contributed by atoms with E-state index >= 15 is 0 Å². The maximum Gasteiger partial charge on any atom is 0.118 e. The summed E-state index contributed by atoms with van der Waals surface area (Å²) in [6, 6.07) is 16.5. The summed E-state index contributed by atoms with van der Waals surface area (Å²) in [5, 5.41) is 0. The van der Waals surface area contributed by atoms with E-state index in [9.17, 15) is 0 Å². The van der Waals surface area contributed by atoms with Crippen LogP contribution in [0.1, 0.15) is 5.56 Å². The monoisotopic (exact) mass is 259 g/mol. The first-order valence-corrected chi connectivity index (χ1v) is 6.75. The van der Waals surface area contributed by atoms with Crippen molar-refractivity contribution < 1.29 is 4.74 Å². The maximum atomic E-state index is 5.63. The van der Waals surface area contributed by atoms with Crippen LogP contribution in [0.2, 0.25) is 0 Å². The second kappa shape index (κ2) is 6.47. The molecular formula is C15H17NOS. The highest BCUT2D eigenvalue weighted by Gasteiger charge is 2.03. The van der Waals surface area contributed by atoms with Crippen molar-refractivity contribution in [1.82, 2.24) is 0 Å². The SMILES string of the molecule is COc1ccc(Sc2ccccc2CCN)cc1. The highest BCUT2D eigenvalue weighted by Crippen LogP contribution is 2.31. The number of rotatable bonds is 5. The van der Waals surface area contributed by atoms with E-state index in [0.717, 1.165) is 12.2 Å². The zero-order valence-corrected chi connectivity index (χ0v) is 11.2. The number of ether oxygens (including phenoxy) is 1. The summed E-state index contributed by atoms with van der Waals surface area (Å²) in [6.45, 7) is 0.681. The Labute approximate surface area is 112 Å². The topological polar surface area (TPSA) is 35.2 Å². The molecule has 0 saturated heterocycles. The van der Waals surface area contributed by atoms with Crippen molar-refractivity contribution in [2.45, 2.75) is 16.2 Å². The number of nitrogens with two attached hydrogens (primary N) is 1. The Balaban J connectivity index is 2.17. The van der Waals surface area contributed by atoms with E-state index in [2.05, 4.69) is 36.4 Å².